The van der Waals surface area contributed by atoms with Gasteiger partial charge in [-0.05, 0) is 41.8 Å². The van der Waals surface area contributed by atoms with Crippen LogP contribution < -0.4 is 10.5 Å². The van der Waals surface area contributed by atoms with E-state index in [0.29, 0.717) is 6.42 Å². The maximum Gasteiger partial charge on any atom is 0.165 e. The largest absolute Gasteiger partial charge is 0.494 e. The lowest BCUT2D eigenvalue weighted by atomic mass is 10.0. The molecular formula is C14H14FNO. The minimum atomic E-state index is -0.333. The predicted octanol–water partition coefficient (Wildman–Crippen LogP) is 3.01. The fraction of sp³-hybridized carbons (Fsp3) is 0.143. The molecule has 0 amide bonds. The second-order valence-corrected chi connectivity index (χ2v) is 3.89. The molecule has 2 nitrogen and oxygen atoms in total. The van der Waals surface area contributed by atoms with E-state index >= 15 is 0 Å². The van der Waals surface area contributed by atoms with Crippen molar-refractivity contribution >= 4 is 5.69 Å². The van der Waals surface area contributed by atoms with Gasteiger partial charge in [0.25, 0.3) is 0 Å². The first-order valence-corrected chi connectivity index (χ1v) is 5.36. The first-order valence-electron chi connectivity index (χ1n) is 5.36. The third-order valence-electron chi connectivity index (χ3n) is 2.60. The monoisotopic (exact) mass is 231 g/mol. The molecule has 0 atom stereocenters. The molecule has 3 heteroatoms. The Kier molecular flexibility index (Phi) is 3.28. The number of anilines is 1. The van der Waals surface area contributed by atoms with Crippen LogP contribution >= 0.6 is 0 Å². The topological polar surface area (TPSA) is 35.2 Å². The number of nitrogen functional groups attached to an aromatic ring is 1. The molecule has 0 unspecified atom stereocenters. The van der Waals surface area contributed by atoms with Crippen LogP contribution in [-0.4, -0.2) is 7.11 Å². The van der Waals surface area contributed by atoms with Gasteiger partial charge in [-0.15, -0.1) is 0 Å². The lowest BCUT2D eigenvalue weighted by Gasteiger charge is -2.05. The third kappa shape index (κ3) is 2.75. The molecule has 2 rings (SSSR count). The standard InChI is InChI=1S/C14H14FNO/c1-17-14-7-4-11(9-13(14)15)8-10-2-5-12(16)6-3-10/h2-7,9H,8,16H2,1H3. The van der Waals surface area contributed by atoms with Crippen molar-refractivity contribution in [2.75, 3.05) is 12.8 Å². The highest BCUT2D eigenvalue weighted by Gasteiger charge is 2.04. The van der Waals surface area contributed by atoms with E-state index in [1.807, 2.05) is 30.3 Å². The normalized spacial score (nSPS) is 10.2. The van der Waals surface area contributed by atoms with E-state index in [1.54, 1.807) is 6.07 Å². The number of benzene rings is 2. The molecule has 0 saturated carbocycles. The molecule has 0 bridgehead atoms. The van der Waals surface area contributed by atoms with Gasteiger partial charge in [0, 0.05) is 5.69 Å². The van der Waals surface area contributed by atoms with Gasteiger partial charge >= 0.3 is 0 Å². The van der Waals surface area contributed by atoms with Gasteiger partial charge < -0.3 is 10.5 Å². The van der Waals surface area contributed by atoms with Crippen LogP contribution in [0.3, 0.4) is 0 Å². The van der Waals surface area contributed by atoms with Crippen molar-refractivity contribution < 1.29 is 9.13 Å². The molecule has 0 aliphatic rings. The Balaban J connectivity index is 2.19. The Labute approximate surface area is 99.8 Å². The van der Waals surface area contributed by atoms with Crippen LogP contribution in [0.5, 0.6) is 5.75 Å². The quantitative estimate of drug-likeness (QED) is 0.824. The second kappa shape index (κ2) is 4.87. The summed E-state index contributed by atoms with van der Waals surface area (Å²) in [5.41, 5.74) is 8.35. The Morgan fingerprint density at radius 2 is 1.71 bits per heavy atom. The summed E-state index contributed by atoms with van der Waals surface area (Å²) >= 11 is 0. The third-order valence-corrected chi connectivity index (χ3v) is 2.60. The van der Waals surface area contributed by atoms with E-state index in [9.17, 15) is 4.39 Å². The Bertz CT molecular complexity index is 508. The van der Waals surface area contributed by atoms with Crippen LogP contribution in [0.1, 0.15) is 11.1 Å². The second-order valence-electron chi connectivity index (χ2n) is 3.89. The summed E-state index contributed by atoms with van der Waals surface area (Å²) in [4.78, 5) is 0. The first kappa shape index (κ1) is 11.5. The number of nitrogens with two attached hydrogens (primary N) is 1. The van der Waals surface area contributed by atoms with Crippen molar-refractivity contribution in [3.8, 4) is 5.75 Å². The van der Waals surface area contributed by atoms with E-state index in [4.69, 9.17) is 10.5 Å². The average Bonchev–Trinajstić information content (AvgIpc) is 2.32. The Hall–Kier alpha value is -2.03. The summed E-state index contributed by atoms with van der Waals surface area (Å²) in [6, 6.07) is 12.6. The molecule has 0 heterocycles. The van der Waals surface area contributed by atoms with E-state index in [1.165, 1.54) is 13.2 Å². The summed E-state index contributed by atoms with van der Waals surface area (Å²) in [5.74, 6) is -0.0634. The SMILES string of the molecule is COc1ccc(Cc2ccc(N)cc2)cc1F. The molecule has 0 aromatic heterocycles. The molecular weight excluding hydrogens is 217 g/mol. The van der Waals surface area contributed by atoms with Crippen LogP contribution in [-0.2, 0) is 6.42 Å². The molecule has 0 fully saturated rings. The molecule has 0 saturated heterocycles. The number of methoxy groups -OCH3 is 1. The maximum absolute atomic E-state index is 13.5. The van der Waals surface area contributed by atoms with Crippen LogP contribution in [0.4, 0.5) is 10.1 Å². The fourth-order valence-corrected chi connectivity index (χ4v) is 1.69. The van der Waals surface area contributed by atoms with Crippen LogP contribution in [0.2, 0.25) is 0 Å². The van der Waals surface area contributed by atoms with Crippen molar-refractivity contribution in [2.24, 2.45) is 0 Å². The van der Waals surface area contributed by atoms with Gasteiger partial charge in [0.05, 0.1) is 7.11 Å². The predicted molar refractivity (Wildman–Crippen MR) is 66.6 cm³/mol. The van der Waals surface area contributed by atoms with Crippen molar-refractivity contribution in [2.45, 2.75) is 6.42 Å². The summed E-state index contributed by atoms with van der Waals surface area (Å²) in [7, 11) is 1.46. The zero-order valence-electron chi connectivity index (χ0n) is 9.61. The molecule has 88 valence electrons. The van der Waals surface area contributed by atoms with Gasteiger partial charge in [0.1, 0.15) is 0 Å². The van der Waals surface area contributed by atoms with Crippen molar-refractivity contribution in [3.63, 3.8) is 0 Å². The lowest BCUT2D eigenvalue weighted by molar-refractivity contribution is 0.386. The van der Waals surface area contributed by atoms with Crippen molar-refractivity contribution in [1.82, 2.24) is 0 Å². The van der Waals surface area contributed by atoms with E-state index in [-0.39, 0.29) is 11.6 Å². The maximum atomic E-state index is 13.5. The van der Waals surface area contributed by atoms with Crippen molar-refractivity contribution in [3.05, 3.63) is 59.4 Å². The molecule has 17 heavy (non-hydrogen) atoms. The molecule has 2 aromatic rings. The van der Waals surface area contributed by atoms with Crippen LogP contribution in [0.15, 0.2) is 42.5 Å². The van der Waals surface area contributed by atoms with Gasteiger partial charge in [0.15, 0.2) is 11.6 Å². The summed E-state index contributed by atoms with van der Waals surface area (Å²) < 4.78 is 18.3. The molecule has 2 N–H and O–H groups in total. The van der Waals surface area contributed by atoms with Gasteiger partial charge in [0.2, 0.25) is 0 Å². The summed E-state index contributed by atoms with van der Waals surface area (Å²) in [5, 5.41) is 0. The van der Waals surface area contributed by atoms with E-state index in [2.05, 4.69) is 0 Å². The molecule has 2 aromatic carbocycles. The number of hydrogen-bond acceptors (Lipinski definition) is 2. The Morgan fingerprint density at radius 1 is 1.06 bits per heavy atom. The average molecular weight is 231 g/mol. The fourth-order valence-electron chi connectivity index (χ4n) is 1.69. The highest BCUT2D eigenvalue weighted by molar-refractivity contribution is 5.41. The van der Waals surface area contributed by atoms with Gasteiger partial charge in [-0.3, -0.25) is 0 Å². The minimum absolute atomic E-state index is 0.269. The number of halogens is 1. The van der Waals surface area contributed by atoms with Gasteiger partial charge in [-0.1, -0.05) is 18.2 Å². The smallest absolute Gasteiger partial charge is 0.165 e. The highest BCUT2D eigenvalue weighted by Crippen LogP contribution is 2.19. The minimum Gasteiger partial charge on any atom is -0.494 e. The zero-order chi connectivity index (χ0) is 12.3. The van der Waals surface area contributed by atoms with Crippen molar-refractivity contribution in [1.29, 1.82) is 0 Å². The number of ether oxygens (including phenoxy) is 1. The lowest BCUT2D eigenvalue weighted by Crippen LogP contribution is -1.93. The number of rotatable bonds is 3. The highest BCUT2D eigenvalue weighted by atomic mass is 19.1. The van der Waals surface area contributed by atoms with Crippen LogP contribution in [0, 0.1) is 5.82 Å². The molecule has 0 radical (unpaired) electrons. The van der Waals surface area contributed by atoms with E-state index in [0.717, 1.165) is 16.8 Å². The van der Waals surface area contributed by atoms with Gasteiger partial charge in [-0.25, -0.2) is 4.39 Å². The summed E-state index contributed by atoms with van der Waals surface area (Å²) in [6.45, 7) is 0. The molecule has 0 aliphatic heterocycles. The first-order chi connectivity index (χ1) is 8.19. The Morgan fingerprint density at radius 3 is 2.29 bits per heavy atom. The van der Waals surface area contributed by atoms with Gasteiger partial charge in [-0.2, -0.15) is 0 Å². The number of hydrogen-bond donors (Lipinski definition) is 1. The molecule has 0 aliphatic carbocycles. The summed E-state index contributed by atoms with van der Waals surface area (Å²) in [6.07, 6.45) is 0.682. The molecule has 0 spiro atoms. The van der Waals surface area contributed by atoms with Crippen LogP contribution in [0.25, 0.3) is 0 Å². The van der Waals surface area contributed by atoms with E-state index < -0.39 is 0 Å². The zero-order valence-corrected chi connectivity index (χ0v) is 9.61.